The highest BCUT2D eigenvalue weighted by molar-refractivity contribution is 7.22. The number of nitriles is 1. The van der Waals surface area contributed by atoms with Gasteiger partial charge in [-0.2, -0.15) is 5.26 Å². The molecule has 0 aliphatic heterocycles. The van der Waals surface area contributed by atoms with Gasteiger partial charge in [0.25, 0.3) is 0 Å². The molecule has 0 radical (unpaired) electrons. The lowest BCUT2D eigenvalue weighted by atomic mass is 9.83. The molecule has 0 atom stereocenters. The number of aromatic nitrogens is 1. The molecule has 0 spiro atoms. The molecular weight excluding hydrogens is 286 g/mol. The van der Waals surface area contributed by atoms with Crippen LogP contribution in [0.5, 0.6) is 5.75 Å². The second-order valence-electron chi connectivity index (χ2n) is 4.71. The van der Waals surface area contributed by atoms with Gasteiger partial charge in [-0.15, -0.1) is 0 Å². The van der Waals surface area contributed by atoms with Gasteiger partial charge >= 0.3 is 0 Å². The number of ether oxygens (including phenoxy) is 1. The summed E-state index contributed by atoms with van der Waals surface area (Å²) in [7, 11) is 1.61. The molecule has 0 bridgehead atoms. The maximum absolute atomic E-state index is 12.3. The first kappa shape index (κ1) is 15.3. The number of fused-ring (bicyclic) bond motifs is 1. The van der Waals surface area contributed by atoms with Crippen molar-refractivity contribution in [3.63, 3.8) is 0 Å². The van der Waals surface area contributed by atoms with E-state index < -0.39 is 5.41 Å². The Kier molecular flexibility index (Phi) is 4.43. The molecule has 2 aromatic rings. The molecule has 1 aromatic carbocycles. The number of carbonyl (C=O) groups excluding carboxylic acids is 1. The summed E-state index contributed by atoms with van der Waals surface area (Å²) in [6.07, 6.45) is 0.953. The molecule has 5 nitrogen and oxygen atoms in total. The fourth-order valence-electron chi connectivity index (χ4n) is 2.08. The van der Waals surface area contributed by atoms with Crippen molar-refractivity contribution >= 4 is 32.6 Å². The minimum absolute atomic E-state index is 0.291. The van der Waals surface area contributed by atoms with Crippen molar-refractivity contribution < 1.29 is 9.53 Å². The number of benzene rings is 1. The largest absolute Gasteiger partial charge is 0.497 e. The SMILES string of the molecule is CCC(C#N)(CC)C(=O)Nc1nc2ccc(OC)cc2s1. The second kappa shape index (κ2) is 6.10. The van der Waals surface area contributed by atoms with Crippen molar-refractivity contribution in [2.24, 2.45) is 5.41 Å². The molecule has 0 unspecified atom stereocenters. The smallest absolute Gasteiger partial charge is 0.246 e. The van der Waals surface area contributed by atoms with E-state index in [0.29, 0.717) is 18.0 Å². The first-order chi connectivity index (χ1) is 10.1. The van der Waals surface area contributed by atoms with Crippen molar-refractivity contribution in [2.75, 3.05) is 12.4 Å². The normalized spacial score (nSPS) is 11.1. The summed E-state index contributed by atoms with van der Waals surface area (Å²) in [5.41, 5.74) is -0.193. The van der Waals surface area contributed by atoms with Gasteiger partial charge in [0.2, 0.25) is 5.91 Å². The van der Waals surface area contributed by atoms with E-state index in [1.165, 1.54) is 11.3 Å². The molecule has 0 saturated carbocycles. The highest BCUT2D eigenvalue weighted by Crippen LogP contribution is 2.32. The number of carbonyl (C=O) groups is 1. The van der Waals surface area contributed by atoms with E-state index in [9.17, 15) is 10.1 Å². The van der Waals surface area contributed by atoms with Crippen LogP contribution in [0.3, 0.4) is 0 Å². The molecule has 1 N–H and O–H groups in total. The number of amides is 1. The zero-order valence-corrected chi connectivity index (χ0v) is 13.1. The maximum Gasteiger partial charge on any atom is 0.246 e. The van der Waals surface area contributed by atoms with Crippen LogP contribution in [0.2, 0.25) is 0 Å². The average molecular weight is 303 g/mol. The molecule has 1 amide bonds. The maximum atomic E-state index is 12.3. The highest BCUT2D eigenvalue weighted by Gasteiger charge is 2.35. The first-order valence-corrected chi connectivity index (χ1v) is 7.57. The summed E-state index contributed by atoms with van der Waals surface area (Å²) in [6.45, 7) is 3.69. The van der Waals surface area contributed by atoms with Gasteiger partial charge in [0.15, 0.2) is 5.13 Å². The fourth-order valence-corrected chi connectivity index (χ4v) is 2.97. The van der Waals surface area contributed by atoms with Crippen LogP contribution in [-0.2, 0) is 4.79 Å². The number of anilines is 1. The molecule has 0 aliphatic carbocycles. The van der Waals surface area contributed by atoms with Gasteiger partial charge in [-0.05, 0) is 31.0 Å². The third-order valence-corrected chi connectivity index (χ3v) is 4.61. The number of hydrogen-bond donors (Lipinski definition) is 1. The number of methoxy groups -OCH3 is 1. The van der Waals surface area contributed by atoms with Gasteiger partial charge in [0.1, 0.15) is 11.2 Å². The van der Waals surface area contributed by atoms with Crippen LogP contribution in [0.25, 0.3) is 10.2 Å². The molecule has 6 heteroatoms. The fraction of sp³-hybridized carbons (Fsp3) is 0.400. The summed E-state index contributed by atoms with van der Waals surface area (Å²) in [6, 6.07) is 7.68. The number of rotatable bonds is 5. The summed E-state index contributed by atoms with van der Waals surface area (Å²) in [5, 5.41) is 12.6. The predicted octanol–water partition coefficient (Wildman–Crippen LogP) is 3.57. The Labute approximate surface area is 127 Å². The van der Waals surface area contributed by atoms with Crippen LogP contribution in [0.1, 0.15) is 26.7 Å². The topological polar surface area (TPSA) is 75.0 Å². The number of nitrogens with zero attached hydrogens (tertiary/aromatic N) is 2. The lowest BCUT2D eigenvalue weighted by molar-refractivity contribution is -0.123. The van der Waals surface area contributed by atoms with E-state index in [1.807, 2.05) is 32.0 Å². The standard InChI is InChI=1S/C15H17N3O2S/c1-4-15(5-2,9-16)13(19)18-14-17-11-7-6-10(20-3)8-12(11)21-14/h6-8H,4-5H2,1-3H3,(H,17,18,19). The molecule has 0 fully saturated rings. The minimum Gasteiger partial charge on any atom is -0.497 e. The summed E-state index contributed by atoms with van der Waals surface area (Å²) in [4.78, 5) is 16.7. The molecule has 1 heterocycles. The summed E-state index contributed by atoms with van der Waals surface area (Å²) < 4.78 is 6.10. The lowest BCUT2D eigenvalue weighted by Crippen LogP contribution is -2.33. The molecule has 21 heavy (non-hydrogen) atoms. The van der Waals surface area contributed by atoms with Gasteiger partial charge in [-0.1, -0.05) is 25.2 Å². The van der Waals surface area contributed by atoms with Crippen molar-refractivity contribution in [1.29, 1.82) is 5.26 Å². The van der Waals surface area contributed by atoms with Crippen LogP contribution in [0.4, 0.5) is 5.13 Å². The number of thiazole rings is 1. The molecular formula is C15H17N3O2S. The Balaban J connectivity index is 2.27. The van der Waals surface area contributed by atoms with Crippen LogP contribution in [-0.4, -0.2) is 18.0 Å². The Bertz CT molecular complexity index is 698. The van der Waals surface area contributed by atoms with Crippen LogP contribution in [0.15, 0.2) is 18.2 Å². The molecule has 110 valence electrons. The van der Waals surface area contributed by atoms with E-state index >= 15 is 0 Å². The Morgan fingerprint density at radius 3 is 2.76 bits per heavy atom. The van der Waals surface area contributed by atoms with Gasteiger partial charge in [0, 0.05) is 0 Å². The summed E-state index contributed by atoms with van der Waals surface area (Å²) in [5.74, 6) is 0.457. The van der Waals surface area contributed by atoms with E-state index in [0.717, 1.165) is 16.0 Å². The zero-order valence-electron chi connectivity index (χ0n) is 12.3. The van der Waals surface area contributed by atoms with E-state index in [4.69, 9.17) is 4.74 Å². The van der Waals surface area contributed by atoms with Gasteiger partial charge in [-0.25, -0.2) is 4.98 Å². The van der Waals surface area contributed by atoms with Gasteiger partial charge < -0.3 is 10.1 Å². The van der Waals surface area contributed by atoms with Crippen molar-refractivity contribution in [3.05, 3.63) is 18.2 Å². The van der Waals surface area contributed by atoms with E-state index in [1.54, 1.807) is 7.11 Å². The van der Waals surface area contributed by atoms with Crippen LogP contribution < -0.4 is 10.1 Å². The monoisotopic (exact) mass is 303 g/mol. The molecule has 1 aromatic heterocycles. The number of hydrogen-bond acceptors (Lipinski definition) is 5. The predicted molar refractivity (Wildman–Crippen MR) is 83.4 cm³/mol. The highest BCUT2D eigenvalue weighted by atomic mass is 32.1. The summed E-state index contributed by atoms with van der Waals surface area (Å²) >= 11 is 1.37. The van der Waals surface area contributed by atoms with Crippen LogP contribution in [0, 0.1) is 16.7 Å². The Morgan fingerprint density at radius 2 is 2.19 bits per heavy atom. The van der Waals surface area contributed by atoms with Crippen molar-refractivity contribution in [2.45, 2.75) is 26.7 Å². The van der Waals surface area contributed by atoms with Gasteiger partial charge in [0.05, 0.1) is 23.4 Å². The Hall–Kier alpha value is -2.13. The second-order valence-corrected chi connectivity index (χ2v) is 5.74. The minimum atomic E-state index is -0.991. The van der Waals surface area contributed by atoms with E-state index in [-0.39, 0.29) is 5.91 Å². The van der Waals surface area contributed by atoms with Crippen molar-refractivity contribution in [3.8, 4) is 11.8 Å². The van der Waals surface area contributed by atoms with Gasteiger partial charge in [-0.3, -0.25) is 4.79 Å². The van der Waals surface area contributed by atoms with Crippen molar-refractivity contribution in [1.82, 2.24) is 4.98 Å². The quantitative estimate of drug-likeness (QED) is 0.916. The molecule has 0 saturated heterocycles. The van der Waals surface area contributed by atoms with E-state index in [2.05, 4.69) is 16.4 Å². The third-order valence-electron chi connectivity index (χ3n) is 3.67. The lowest BCUT2D eigenvalue weighted by Gasteiger charge is -2.21. The molecule has 0 aliphatic rings. The molecule has 2 rings (SSSR count). The van der Waals surface area contributed by atoms with Crippen LogP contribution >= 0.6 is 11.3 Å². The average Bonchev–Trinajstić information content (AvgIpc) is 2.90. The first-order valence-electron chi connectivity index (χ1n) is 6.75. The number of nitrogens with one attached hydrogen (secondary N) is 1. The zero-order chi connectivity index (χ0) is 15.5. The Morgan fingerprint density at radius 1 is 1.48 bits per heavy atom. The third kappa shape index (κ3) is 2.83.